The number of hydrogen-bond acceptors (Lipinski definition) is 6. The van der Waals surface area contributed by atoms with Gasteiger partial charge >= 0.3 is 5.63 Å². The van der Waals surface area contributed by atoms with Crippen molar-refractivity contribution in [2.45, 2.75) is 32.9 Å². The van der Waals surface area contributed by atoms with Crippen molar-refractivity contribution in [2.24, 2.45) is 0 Å². The summed E-state index contributed by atoms with van der Waals surface area (Å²) in [7, 11) is 0. The number of rotatable bonds is 7. The predicted molar refractivity (Wildman–Crippen MR) is 111 cm³/mol. The van der Waals surface area contributed by atoms with E-state index in [1.807, 2.05) is 26.0 Å². The number of amides is 1. The van der Waals surface area contributed by atoms with Crippen molar-refractivity contribution in [3.05, 3.63) is 64.0 Å². The first-order valence-corrected chi connectivity index (χ1v) is 9.90. The largest absolute Gasteiger partial charge is 0.494 e. The zero-order chi connectivity index (χ0) is 21.1. The van der Waals surface area contributed by atoms with Crippen molar-refractivity contribution in [1.29, 1.82) is 0 Å². The molecule has 7 heteroatoms. The van der Waals surface area contributed by atoms with Crippen LogP contribution < -0.4 is 25.2 Å². The monoisotopic (exact) mass is 409 g/mol. The Morgan fingerprint density at radius 1 is 1.17 bits per heavy atom. The first-order chi connectivity index (χ1) is 14.5. The fourth-order valence-electron chi connectivity index (χ4n) is 3.43. The maximum atomic E-state index is 12.3. The molecule has 1 aliphatic heterocycles. The molecule has 1 atom stereocenters. The lowest BCUT2D eigenvalue weighted by Gasteiger charge is -2.13. The highest BCUT2D eigenvalue weighted by atomic mass is 16.5. The van der Waals surface area contributed by atoms with E-state index < -0.39 is 5.63 Å². The van der Waals surface area contributed by atoms with E-state index in [1.165, 1.54) is 6.07 Å². The van der Waals surface area contributed by atoms with Crippen molar-refractivity contribution in [3.63, 3.8) is 0 Å². The van der Waals surface area contributed by atoms with Gasteiger partial charge in [-0.05, 0) is 44.2 Å². The summed E-state index contributed by atoms with van der Waals surface area (Å²) in [4.78, 5) is 23.6. The Labute approximate surface area is 173 Å². The second kappa shape index (κ2) is 8.49. The molecule has 0 fully saturated rings. The second-order valence-electron chi connectivity index (χ2n) is 7.15. The summed E-state index contributed by atoms with van der Waals surface area (Å²) in [5.41, 5.74) is 1.95. The van der Waals surface area contributed by atoms with Gasteiger partial charge in [0.1, 0.15) is 28.9 Å². The lowest BCUT2D eigenvalue weighted by molar-refractivity contribution is -0.123. The molecule has 1 amide bonds. The minimum Gasteiger partial charge on any atom is -0.494 e. The van der Waals surface area contributed by atoms with Crippen LogP contribution in [0.25, 0.3) is 11.0 Å². The Morgan fingerprint density at radius 3 is 2.83 bits per heavy atom. The van der Waals surface area contributed by atoms with Gasteiger partial charge in [-0.25, -0.2) is 4.79 Å². The van der Waals surface area contributed by atoms with Gasteiger partial charge in [0.25, 0.3) is 5.91 Å². The van der Waals surface area contributed by atoms with E-state index in [4.69, 9.17) is 18.6 Å². The third kappa shape index (κ3) is 4.40. The SMILES string of the molecule is CCOc1cc2c(cc1CNC(=O)COc1ccc3ccc(=O)oc3c1)O[C@@H](C)C2. The summed E-state index contributed by atoms with van der Waals surface area (Å²) < 4.78 is 22.2. The van der Waals surface area contributed by atoms with Crippen LogP contribution in [0.1, 0.15) is 25.0 Å². The second-order valence-corrected chi connectivity index (χ2v) is 7.15. The van der Waals surface area contributed by atoms with E-state index in [0.717, 1.165) is 34.4 Å². The molecule has 0 unspecified atom stereocenters. The van der Waals surface area contributed by atoms with Crippen molar-refractivity contribution < 1.29 is 23.4 Å². The van der Waals surface area contributed by atoms with Crippen LogP contribution in [0.15, 0.2) is 51.7 Å². The molecule has 0 aliphatic carbocycles. The van der Waals surface area contributed by atoms with Crippen LogP contribution in [0.4, 0.5) is 0 Å². The quantitative estimate of drug-likeness (QED) is 0.603. The number of benzene rings is 2. The number of carbonyl (C=O) groups excluding carboxylic acids is 1. The Bertz CT molecular complexity index is 1140. The molecule has 0 spiro atoms. The average molecular weight is 409 g/mol. The van der Waals surface area contributed by atoms with Gasteiger partial charge in [-0.1, -0.05) is 0 Å². The van der Waals surface area contributed by atoms with Crippen molar-refractivity contribution in [1.82, 2.24) is 5.32 Å². The third-order valence-corrected chi connectivity index (χ3v) is 4.82. The molecule has 0 radical (unpaired) electrons. The molecule has 0 bridgehead atoms. The topological polar surface area (TPSA) is 87.0 Å². The van der Waals surface area contributed by atoms with E-state index in [0.29, 0.717) is 24.5 Å². The maximum Gasteiger partial charge on any atom is 0.336 e. The third-order valence-electron chi connectivity index (χ3n) is 4.82. The zero-order valence-electron chi connectivity index (χ0n) is 16.9. The van der Waals surface area contributed by atoms with Gasteiger partial charge in [-0.3, -0.25) is 4.79 Å². The van der Waals surface area contributed by atoms with Crippen LogP contribution in [0.3, 0.4) is 0 Å². The van der Waals surface area contributed by atoms with E-state index in [1.54, 1.807) is 24.3 Å². The van der Waals surface area contributed by atoms with Crippen LogP contribution >= 0.6 is 0 Å². The predicted octanol–water partition coefficient (Wildman–Crippen LogP) is 3.21. The van der Waals surface area contributed by atoms with E-state index in [2.05, 4.69) is 5.32 Å². The standard InChI is InChI=1S/C23H23NO6/c1-3-27-19-9-16-8-14(2)29-20(16)10-17(19)12-24-22(25)13-28-18-6-4-15-5-7-23(26)30-21(15)11-18/h4-7,9-11,14H,3,8,12-13H2,1-2H3,(H,24,25)/t14-/m0/s1. The average Bonchev–Trinajstić information content (AvgIpc) is 3.09. The molecule has 1 aliphatic rings. The summed E-state index contributed by atoms with van der Waals surface area (Å²) in [5.74, 6) is 1.76. The summed E-state index contributed by atoms with van der Waals surface area (Å²) in [6, 6.07) is 12.0. The molecule has 2 heterocycles. The summed E-state index contributed by atoms with van der Waals surface area (Å²) >= 11 is 0. The molecule has 4 rings (SSSR count). The maximum absolute atomic E-state index is 12.3. The summed E-state index contributed by atoms with van der Waals surface area (Å²) in [6.07, 6.45) is 0.987. The molecule has 1 aromatic heterocycles. The van der Waals surface area contributed by atoms with Gasteiger partial charge in [-0.15, -0.1) is 0 Å². The number of nitrogens with one attached hydrogen (secondary N) is 1. The van der Waals surface area contributed by atoms with Gasteiger partial charge in [0.2, 0.25) is 0 Å². The van der Waals surface area contributed by atoms with Crippen LogP contribution in [0.2, 0.25) is 0 Å². The fraction of sp³-hybridized carbons (Fsp3) is 0.304. The summed E-state index contributed by atoms with van der Waals surface area (Å²) in [5, 5.41) is 3.62. The van der Waals surface area contributed by atoms with E-state index in [-0.39, 0.29) is 18.6 Å². The van der Waals surface area contributed by atoms with Gasteiger partial charge in [0.15, 0.2) is 6.61 Å². The zero-order valence-corrected chi connectivity index (χ0v) is 16.9. The highest BCUT2D eigenvalue weighted by Crippen LogP contribution is 2.35. The molecular weight excluding hydrogens is 386 g/mol. The number of fused-ring (bicyclic) bond motifs is 2. The van der Waals surface area contributed by atoms with Gasteiger partial charge < -0.3 is 23.9 Å². The van der Waals surface area contributed by atoms with Crippen molar-refractivity contribution in [3.8, 4) is 17.2 Å². The van der Waals surface area contributed by atoms with Gasteiger partial charge in [0.05, 0.1) is 6.61 Å². The minimum absolute atomic E-state index is 0.138. The first-order valence-electron chi connectivity index (χ1n) is 9.90. The van der Waals surface area contributed by atoms with E-state index >= 15 is 0 Å². The smallest absolute Gasteiger partial charge is 0.336 e. The lowest BCUT2D eigenvalue weighted by atomic mass is 10.1. The molecule has 30 heavy (non-hydrogen) atoms. The lowest BCUT2D eigenvalue weighted by Crippen LogP contribution is -2.28. The Balaban J connectivity index is 1.38. The molecule has 0 saturated carbocycles. The van der Waals surface area contributed by atoms with Crippen LogP contribution in [-0.2, 0) is 17.8 Å². The molecule has 7 nitrogen and oxygen atoms in total. The van der Waals surface area contributed by atoms with Crippen molar-refractivity contribution >= 4 is 16.9 Å². The number of ether oxygens (including phenoxy) is 3. The molecule has 1 N–H and O–H groups in total. The highest BCUT2D eigenvalue weighted by Gasteiger charge is 2.22. The number of hydrogen-bond donors (Lipinski definition) is 1. The highest BCUT2D eigenvalue weighted by molar-refractivity contribution is 5.79. The van der Waals surface area contributed by atoms with Crippen LogP contribution in [-0.4, -0.2) is 25.2 Å². The Morgan fingerprint density at radius 2 is 2.00 bits per heavy atom. The molecule has 3 aromatic rings. The van der Waals surface area contributed by atoms with Crippen LogP contribution in [0, 0.1) is 0 Å². The van der Waals surface area contributed by atoms with Gasteiger partial charge in [-0.2, -0.15) is 0 Å². The molecular formula is C23H23NO6. The minimum atomic E-state index is -0.435. The molecule has 0 saturated heterocycles. The van der Waals surface area contributed by atoms with Gasteiger partial charge in [0, 0.05) is 41.6 Å². The van der Waals surface area contributed by atoms with E-state index in [9.17, 15) is 9.59 Å². The fourth-order valence-corrected chi connectivity index (χ4v) is 3.43. The summed E-state index contributed by atoms with van der Waals surface area (Å²) in [6.45, 7) is 4.63. The molecule has 2 aromatic carbocycles. The number of carbonyl (C=O) groups is 1. The molecule has 156 valence electrons. The Hall–Kier alpha value is -3.48. The first kappa shape index (κ1) is 19.8. The normalized spacial score (nSPS) is 14.8. The van der Waals surface area contributed by atoms with Crippen molar-refractivity contribution in [2.75, 3.05) is 13.2 Å². The van der Waals surface area contributed by atoms with Crippen LogP contribution in [0.5, 0.6) is 17.2 Å². The Kier molecular flexibility index (Phi) is 5.61.